The Labute approximate surface area is 424 Å². The summed E-state index contributed by atoms with van der Waals surface area (Å²) >= 11 is 0. The van der Waals surface area contributed by atoms with Crippen molar-refractivity contribution in [3.63, 3.8) is 0 Å². The Morgan fingerprint density at radius 2 is 0.710 bits per heavy atom. The molecule has 0 radical (unpaired) electrons. The predicted molar refractivity (Wildman–Crippen MR) is 272 cm³/mol. The zero-order chi connectivity index (χ0) is 50.0. The summed E-state index contributed by atoms with van der Waals surface area (Å²) in [5.74, 6) is 2.29. The Hall–Kier alpha value is -0.470. The van der Waals surface area contributed by atoms with Crippen LogP contribution in [0.3, 0.4) is 0 Å². The molecule has 1 unspecified atom stereocenters. The van der Waals surface area contributed by atoms with Gasteiger partial charge in [0.2, 0.25) is 5.91 Å². The van der Waals surface area contributed by atoms with Crippen LogP contribution in [-0.4, -0.2) is 221 Å². The van der Waals surface area contributed by atoms with Crippen LogP contribution in [0.2, 0.25) is 0 Å². The van der Waals surface area contributed by atoms with Gasteiger partial charge in [-0.1, -0.05) is 105 Å². The summed E-state index contributed by atoms with van der Waals surface area (Å²) in [4.78, 5) is 11.2. The molecule has 18 nitrogen and oxygen atoms in total. The monoisotopic (exact) mass is 1040 g/mol. The van der Waals surface area contributed by atoms with Crippen LogP contribution in [-0.2, 0) is 61.6 Å². The smallest absolute Gasteiger partial charge is 0.217 e. The fourth-order valence-electron chi connectivity index (χ4n) is 6.35. The van der Waals surface area contributed by atoms with Gasteiger partial charge in [0, 0.05) is 31.6 Å². The second kappa shape index (κ2) is 60.1. The van der Waals surface area contributed by atoms with E-state index in [0.29, 0.717) is 112 Å². The number of unbranched alkanes of at least 4 members (excludes halogenated alkanes) is 15. The van der Waals surface area contributed by atoms with E-state index in [1.54, 1.807) is 0 Å². The third-order valence-corrected chi connectivity index (χ3v) is 12.8. The summed E-state index contributed by atoms with van der Waals surface area (Å²) in [6.07, 6.45) is 18.9. The number of carbonyl (C=O) groups excluding carboxylic acids is 1. The fraction of sp³-hybridized carbons (Fsp3) is 0.980. The highest BCUT2D eigenvalue weighted by atomic mass is 33.1. The third kappa shape index (κ3) is 56.7. The van der Waals surface area contributed by atoms with Gasteiger partial charge in [-0.05, 0) is 25.7 Å². The molecule has 0 aromatic carbocycles. The predicted octanol–water partition coefficient (Wildman–Crippen LogP) is 5.37. The van der Waals surface area contributed by atoms with Crippen molar-refractivity contribution in [2.45, 2.75) is 135 Å². The lowest BCUT2D eigenvalue weighted by atomic mass is 10.1. The van der Waals surface area contributed by atoms with Crippen LogP contribution in [0.15, 0.2) is 0 Å². The van der Waals surface area contributed by atoms with Crippen LogP contribution in [0, 0.1) is 0 Å². The number of ether oxygens (including phenoxy) is 12. The van der Waals surface area contributed by atoms with Crippen LogP contribution in [0.1, 0.15) is 116 Å². The highest BCUT2D eigenvalue weighted by molar-refractivity contribution is 8.76. The van der Waals surface area contributed by atoms with Crippen molar-refractivity contribution >= 4 is 27.5 Å². The molecule has 69 heavy (non-hydrogen) atoms. The third-order valence-electron chi connectivity index (χ3n) is 10.2. The van der Waals surface area contributed by atoms with Crippen LogP contribution < -0.4 is 5.32 Å². The Balaban J connectivity index is 3.22. The first-order valence-electron chi connectivity index (χ1n) is 26.1. The minimum Gasteiger partial charge on any atom is -0.394 e. The summed E-state index contributed by atoms with van der Waals surface area (Å²) < 4.78 is 66.0. The lowest BCUT2D eigenvalue weighted by molar-refractivity contribution is -0.205. The maximum Gasteiger partial charge on any atom is 0.217 e. The SMILES string of the molecule is CC(=O)NC[C@H](OCCOCCOCCOCCOCCOCCOCCCCCCCCCCSSCCCCCCCCCCCOCCOCCOCCOCCO)OC(CO)[C@@H](O)CO. The van der Waals surface area contributed by atoms with Gasteiger partial charge in [0.25, 0.3) is 0 Å². The van der Waals surface area contributed by atoms with E-state index in [9.17, 15) is 15.0 Å². The molecule has 0 saturated heterocycles. The molecule has 0 bridgehead atoms. The molecule has 3 atom stereocenters. The quantitative estimate of drug-likeness (QED) is 0.0294. The lowest BCUT2D eigenvalue weighted by Gasteiger charge is -2.26. The number of nitrogens with one attached hydrogen (secondary N) is 1. The molecule has 1 amide bonds. The van der Waals surface area contributed by atoms with E-state index in [0.717, 1.165) is 26.1 Å². The molecule has 0 aliphatic carbocycles. The van der Waals surface area contributed by atoms with Crippen LogP contribution in [0.5, 0.6) is 0 Å². The highest BCUT2D eigenvalue weighted by Crippen LogP contribution is 2.25. The van der Waals surface area contributed by atoms with Gasteiger partial charge in [0.1, 0.15) is 12.2 Å². The number of amides is 1. The molecule has 0 fully saturated rings. The minimum absolute atomic E-state index is 0.00989. The van der Waals surface area contributed by atoms with E-state index in [1.807, 2.05) is 0 Å². The largest absolute Gasteiger partial charge is 0.394 e. The second-order valence-corrected chi connectivity index (χ2v) is 19.0. The summed E-state index contributed by atoms with van der Waals surface area (Å²) in [7, 11) is 4.14. The van der Waals surface area contributed by atoms with Gasteiger partial charge in [-0.15, -0.1) is 0 Å². The Kier molecular flexibility index (Phi) is 59.7. The lowest BCUT2D eigenvalue weighted by Crippen LogP contribution is -2.43. The average molecular weight is 1040 g/mol. The van der Waals surface area contributed by atoms with Crippen LogP contribution >= 0.6 is 21.6 Å². The first-order valence-corrected chi connectivity index (χ1v) is 28.6. The van der Waals surface area contributed by atoms with E-state index in [2.05, 4.69) is 26.9 Å². The molecule has 0 spiro atoms. The molecule has 0 aromatic rings. The minimum atomic E-state index is -1.28. The van der Waals surface area contributed by atoms with Crippen LogP contribution in [0.4, 0.5) is 0 Å². The molecule has 20 heteroatoms. The molecular formula is C49H99NO17S2. The van der Waals surface area contributed by atoms with Gasteiger partial charge < -0.3 is 82.6 Å². The summed E-state index contributed by atoms with van der Waals surface area (Å²) in [6.45, 7) is 10.8. The van der Waals surface area contributed by atoms with Crippen molar-refractivity contribution in [1.82, 2.24) is 5.32 Å². The standard InChI is InChI=1S/C49H99NO17S2/c1-46(54)50-43-49(67-48(45-53)47(55)44-52)66-40-39-65-38-37-64-36-35-63-34-33-62-32-30-60-27-24-57-21-16-12-8-4-6-10-14-18-42-69-68-41-17-13-9-5-2-3-7-11-15-20-56-23-26-59-29-31-61-28-25-58-22-19-51/h47-49,51-53,55H,2-45H2,1H3,(H,50,54)/t47-,48?,49+/m0/s1. The maximum absolute atomic E-state index is 11.2. The Bertz CT molecular complexity index is 990. The molecule has 0 aromatic heterocycles. The second-order valence-electron chi connectivity index (χ2n) is 16.3. The fourth-order valence-corrected chi connectivity index (χ4v) is 8.65. The normalized spacial score (nSPS) is 13.1. The van der Waals surface area contributed by atoms with E-state index in [1.165, 1.54) is 115 Å². The molecule has 414 valence electrons. The van der Waals surface area contributed by atoms with E-state index >= 15 is 0 Å². The van der Waals surface area contributed by atoms with Crippen molar-refractivity contribution in [1.29, 1.82) is 0 Å². The van der Waals surface area contributed by atoms with Gasteiger partial charge in [-0.25, -0.2) is 0 Å². The van der Waals surface area contributed by atoms with E-state index in [4.69, 9.17) is 67.1 Å². The number of carbonyl (C=O) groups is 1. The van der Waals surface area contributed by atoms with Gasteiger partial charge in [0.15, 0.2) is 6.29 Å². The molecule has 5 N–H and O–H groups in total. The number of rotatable bonds is 61. The Morgan fingerprint density at radius 3 is 1.03 bits per heavy atom. The molecule has 0 aliphatic rings. The highest BCUT2D eigenvalue weighted by Gasteiger charge is 2.23. The van der Waals surface area contributed by atoms with Crippen LogP contribution in [0.25, 0.3) is 0 Å². The molecule has 0 heterocycles. The molecule has 0 saturated carbocycles. The average Bonchev–Trinajstić information content (AvgIpc) is 3.35. The zero-order valence-electron chi connectivity index (χ0n) is 42.8. The number of hydrogen-bond acceptors (Lipinski definition) is 19. The number of aliphatic hydroxyl groups is 4. The summed E-state index contributed by atoms with van der Waals surface area (Å²) in [5.41, 5.74) is 0. The maximum atomic E-state index is 11.2. The van der Waals surface area contributed by atoms with Gasteiger partial charge >= 0.3 is 0 Å². The Morgan fingerprint density at radius 1 is 0.406 bits per heavy atom. The van der Waals surface area contributed by atoms with Gasteiger partial charge in [-0.2, -0.15) is 0 Å². The first-order chi connectivity index (χ1) is 34.0. The van der Waals surface area contributed by atoms with Crippen molar-refractivity contribution in [2.24, 2.45) is 0 Å². The molecule has 0 rings (SSSR count). The number of aliphatic hydroxyl groups excluding tert-OH is 4. The summed E-state index contributed by atoms with van der Waals surface area (Å²) in [5, 5.41) is 39.4. The molecular weight excluding hydrogens is 939 g/mol. The molecule has 0 aliphatic heterocycles. The van der Waals surface area contributed by atoms with Crippen molar-refractivity contribution in [3.05, 3.63) is 0 Å². The zero-order valence-corrected chi connectivity index (χ0v) is 44.4. The van der Waals surface area contributed by atoms with Crippen molar-refractivity contribution < 1.29 is 82.1 Å². The number of hydrogen-bond donors (Lipinski definition) is 5. The van der Waals surface area contributed by atoms with Crippen molar-refractivity contribution in [3.8, 4) is 0 Å². The van der Waals surface area contributed by atoms with Gasteiger partial charge in [0.05, 0.1) is 152 Å². The van der Waals surface area contributed by atoms with E-state index in [-0.39, 0.29) is 32.3 Å². The topological polar surface area (TPSA) is 221 Å². The van der Waals surface area contributed by atoms with E-state index < -0.39 is 31.7 Å². The van der Waals surface area contributed by atoms with Crippen molar-refractivity contribution in [2.75, 3.05) is 177 Å². The first kappa shape index (κ1) is 68.5. The van der Waals surface area contributed by atoms with Gasteiger partial charge in [-0.3, -0.25) is 4.79 Å². The summed E-state index contributed by atoms with van der Waals surface area (Å²) in [6, 6.07) is 0.